The molecule has 2 aromatic heterocycles. The van der Waals surface area contributed by atoms with Gasteiger partial charge < -0.3 is 5.11 Å². The molecule has 0 atom stereocenters. The first-order valence-corrected chi connectivity index (χ1v) is 7.46. The van der Waals surface area contributed by atoms with E-state index in [0.717, 1.165) is 14.6 Å². The SMILES string of the molecule is Cc1cc(C)c(C(=O)O)c(Sc2nc(Br)cs2)n1. The van der Waals surface area contributed by atoms with E-state index in [2.05, 4.69) is 25.9 Å². The van der Waals surface area contributed by atoms with Crippen molar-refractivity contribution in [2.24, 2.45) is 0 Å². The Hall–Kier alpha value is -0.920. The molecule has 0 aliphatic rings. The Morgan fingerprint density at radius 2 is 2.17 bits per heavy atom. The first-order valence-electron chi connectivity index (χ1n) is 4.98. The van der Waals surface area contributed by atoms with E-state index in [9.17, 15) is 9.90 Å². The lowest BCUT2D eigenvalue weighted by atomic mass is 10.1. The van der Waals surface area contributed by atoms with Crippen molar-refractivity contribution in [1.29, 1.82) is 0 Å². The second kappa shape index (κ2) is 5.38. The molecule has 1 N–H and O–H groups in total. The van der Waals surface area contributed by atoms with Gasteiger partial charge in [0.05, 0.1) is 5.56 Å². The van der Waals surface area contributed by atoms with Crippen molar-refractivity contribution < 1.29 is 9.90 Å². The summed E-state index contributed by atoms with van der Waals surface area (Å²) in [5.74, 6) is -0.960. The van der Waals surface area contributed by atoms with Gasteiger partial charge in [-0.05, 0) is 53.2 Å². The highest BCUT2D eigenvalue weighted by molar-refractivity contribution is 9.10. The number of halogens is 1. The molecule has 0 aliphatic carbocycles. The molecule has 7 heteroatoms. The zero-order valence-corrected chi connectivity index (χ0v) is 12.8. The molecule has 0 fully saturated rings. The van der Waals surface area contributed by atoms with E-state index in [-0.39, 0.29) is 5.56 Å². The topological polar surface area (TPSA) is 63.1 Å². The molecule has 2 rings (SSSR count). The Labute approximate surface area is 121 Å². The van der Waals surface area contributed by atoms with Crippen LogP contribution < -0.4 is 0 Å². The van der Waals surface area contributed by atoms with Crippen molar-refractivity contribution >= 4 is 45.0 Å². The quantitative estimate of drug-likeness (QED) is 0.918. The Balaban J connectivity index is 2.45. The largest absolute Gasteiger partial charge is 0.478 e. The summed E-state index contributed by atoms with van der Waals surface area (Å²) in [5.41, 5.74) is 1.76. The van der Waals surface area contributed by atoms with E-state index in [1.165, 1.54) is 23.1 Å². The van der Waals surface area contributed by atoms with Crippen molar-refractivity contribution in [3.63, 3.8) is 0 Å². The van der Waals surface area contributed by atoms with E-state index >= 15 is 0 Å². The number of hydrogen-bond acceptors (Lipinski definition) is 5. The minimum atomic E-state index is -0.960. The molecule has 0 radical (unpaired) electrons. The molecule has 0 saturated heterocycles. The van der Waals surface area contributed by atoms with Crippen LogP contribution in [0.25, 0.3) is 0 Å². The number of pyridine rings is 1. The van der Waals surface area contributed by atoms with Crippen LogP contribution in [0.5, 0.6) is 0 Å². The number of thiazole rings is 1. The molecule has 2 aromatic rings. The number of aryl methyl sites for hydroxylation is 2. The van der Waals surface area contributed by atoms with Gasteiger partial charge in [0, 0.05) is 11.1 Å². The van der Waals surface area contributed by atoms with Crippen molar-refractivity contribution in [2.45, 2.75) is 23.2 Å². The van der Waals surface area contributed by atoms with Gasteiger partial charge in [-0.1, -0.05) is 0 Å². The number of rotatable bonds is 3. The number of carboxylic acids is 1. The summed E-state index contributed by atoms with van der Waals surface area (Å²) in [4.78, 5) is 19.8. The van der Waals surface area contributed by atoms with E-state index < -0.39 is 5.97 Å². The van der Waals surface area contributed by atoms with Crippen LogP contribution in [0, 0.1) is 13.8 Å². The minimum Gasteiger partial charge on any atom is -0.478 e. The normalized spacial score (nSPS) is 10.6. The van der Waals surface area contributed by atoms with Gasteiger partial charge in [-0.15, -0.1) is 11.3 Å². The maximum absolute atomic E-state index is 11.3. The maximum atomic E-state index is 11.3. The number of aromatic nitrogens is 2. The Bertz CT molecular complexity index is 613. The summed E-state index contributed by atoms with van der Waals surface area (Å²) in [7, 11) is 0. The Morgan fingerprint density at radius 3 is 2.72 bits per heavy atom. The molecule has 4 nitrogen and oxygen atoms in total. The van der Waals surface area contributed by atoms with Crippen LogP contribution in [0.2, 0.25) is 0 Å². The summed E-state index contributed by atoms with van der Waals surface area (Å²) in [6, 6.07) is 1.77. The molecule has 0 bridgehead atoms. The second-order valence-electron chi connectivity index (χ2n) is 3.60. The highest BCUT2D eigenvalue weighted by Gasteiger charge is 2.17. The van der Waals surface area contributed by atoms with Crippen LogP contribution in [0.15, 0.2) is 25.4 Å². The van der Waals surface area contributed by atoms with Crippen LogP contribution >= 0.6 is 39.0 Å². The smallest absolute Gasteiger partial charge is 0.338 e. The average molecular weight is 345 g/mol. The third-order valence-corrected chi connectivity index (χ3v) is 4.80. The lowest BCUT2D eigenvalue weighted by Crippen LogP contribution is -2.05. The van der Waals surface area contributed by atoms with Gasteiger partial charge in [0.15, 0.2) is 4.34 Å². The van der Waals surface area contributed by atoms with E-state index in [0.29, 0.717) is 10.6 Å². The molecule has 0 amide bonds. The molecule has 94 valence electrons. The summed E-state index contributed by atoms with van der Waals surface area (Å²) < 4.78 is 1.51. The number of nitrogens with zero attached hydrogens (tertiary/aromatic N) is 2. The van der Waals surface area contributed by atoms with Crippen molar-refractivity contribution in [2.75, 3.05) is 0 Å². The summed E-state index contributed by atoms with van der Waals surface area (Å²) in [6.45, 7) is 3.63. The summed E-state index contributed by atoms with van der Waals surface area (Å²) >= 11 is 6.00. The van der Waals surface area contributed by atoms with E-state index in [1.807, 2.05) is 12.3 Å². The predicted octanol–water partition coefficient (Wildman–Crippen LogP) is 3.77. The fraction of sp³-hybridized carbons (Fsp3) is 0.182. The molecule has 0 unspecified atom stereocenters. The standard InChI is InChI=1S/C11H9BrN2O2S2/c1-5-3-6(2)13-9(8(5)10(15)16)18-11-14-7(12)4-17-11/h3-4H,1-2H3,(H,15,16). The van der Waals surface area contributed by atoms with Crippen molar-refractivity contribution in [1.82, 2.24) is 9.97 Å². The summed E-state index contributed by atoms with van der Waals surface area (Å²) in [6.07, 6.45) is 0. The Kier molecular flexibility index (Phi) is 4.04. The molecular formula is C11H9BrN2O2S2. The highest BCUT2D eigenvalue weighted by atomic mass is 79.9. The third-order valence-electron chi connectivity index (χ3n) is 2.16. The van der Waals surface area contributed by atoms with Crippen LogP contribution in [-0.4, -0.2) is 21.0 Å². The molecule has 2 heterocycles. The number of aromatic carboxylic acids is 1. The van der Waals surface area contributed by atoms with Crippen LogP contribution in [-0.2, 0) is 0 Å². The highest BCUT2D eigenvalue weighted by Crippen LogP contribution is 2.33. The summed E-state index contributed by atoms with van der Waals surface area (Å²) in [5, 5.41) is 11.6. The minimum absolute atomic E-state index is 0.247. The lowest BCUT2D eigenvalue weighted by molar-refractivity contribution is 0.0691. The van der Waals surface area contributed by atoms with E-state index in [4.69, 9.17) is 0 Å². The maximum Gasteiger partial charge on any atom is 0.338 e. The van der Waals surface area contributed by atoms with Crippen molar-refractivity contribution in [3.05, 3.63) is 32.9 Å². The molecule has 0 saturated carbocycles. The number of carboxylic acid groups (broad SMARTS) is 1. The Morgan fingerprint density at radius 1 is 1.44 bits per heavy atom. The van der Waals surface area contributed by atoms with Gasteiger partial charge in [-0.3, -0.25) is 0 Å². The van der Waals surface area contributed by atoms with Gasteiger partial charge in [-0.2, -0.15) is 0 Å². The monoisotopic (exact) mass is 344 g/mol. The van der Waals surface area contributed by atoms with Gasteiger partial charge in [-0.25, -0.2) is 14.8 Å². The molecule has 18 heavy (non-hydrogen) atoms. The first kappa shape index (κ1) is 13.5. The van der Waals surface area contributed by atoms with Crippen LogP contribution in [0.3, 0.4) is 0 Å². The van der Waals surface area contributed by atoms with Crippen LogP contribution in [0.4, 0.5) is 0 Å². The zero-order valence-electron chi connectivity index (χ0n) is 9.60. The molecular weight excluding hydrogens is 336 g/mol. The van der Waals surface area contributed by atoms with Gasteiger partial charge in [0.2, 0.25) is 0 Å². The number of carbonyl (C=O) groups is 1. The lowest BCUT2D eigenvalue weighted by Gasteiger charge is -2.07. The number of hydrogen-bond donors (Lipinski definition) is 1. The molecule has 0 aromatic carbocycles. The average Bonchev–Trinajstić information content (AvgIpc) is 2.62. The van der Waals surface area contributed by atoms with E-state index in [1.54, 1.807) is 13.0 Å². The van der Waals surface area contributed by atoms with Gasteiger partial charge >= 0.3 is 5.97 Å². The molecule has 0 spiro atoms. The van der Waals surface area contributed by atoms with Crippen molar-refractivity contribution in [3.8, 4) is 0 Å². The van der Waals surface area contributed by atoms with Crippen LogP contribution in [0.1, 0.15) is 21.6 Å². The fourth-order valence-electron chi connectivity index (χ4n) is 1.51. The van der Waals surface area contributed by atoms with Gasteiger partial charge in [0.25, 0.3) is 0 Å². The third kappa shape index (κ3) is 2.90. The molecule has 0 aliphatic heterocycles. The zero-order chi connectivity index (χ0) is 13.3. The fourth-order valence-corrected chi connectivity index (χ4v) is 4.02. The van der Waals surface area contributed by atoms with Gasteiger partial charge in [0.1, 0.15) is 9.63 Å². The first-order chi connectivity index (χ1) is 8.47. The predicted molar refractivity (Wildman–Crippen MR) is 74.6 cm³/mol. The second-order valence-corrected chi connectivity index (χ2v) is 6.51.